The maximum atomic E-state index is 12.2. The summed E-state index contributed by atoms with van der Waals surface area (Å²) in [6.07, 6.45) is 0.534. The Morgan fingerprint density at radius 1 is 1.11 bits per heavy atom. The molecule has 6 nitrogen and oxygen atoms in total. The predicted molar refractivity (Wildman–Crippen MR) is 104 cm³/mol. The molecule has 0 aliphatic heterocycles. The summed E-state index contributed by atoms with van der Waals surface area (Å²) in [5, 5.41) is 11.1. The Bertz CT molecular complexity index is 866. The number of carbonyl (C=O) groups excluding carboxylic acids is 1. The molecule has 0 radical (unpaired) electrons. The van der Waals surface area contributed by atoms with Crippen molar-refractivity contribution in [2.75, 3.05) is 7.11 Å². The fraction of sp³-hybridized carbons (Fsp3) is 0.250. The van der Waals surface area contributed by atoms with Crippen LogP contribution in [0.5, 0.6) is 5.75 Å². The maximum absolute atomic E-state index is 12.2. The minimum atomic E-state index is -0.331. The zero-order valence-corrected chi connectivity index (χ0v) is 16.0. The van der Waals surface area contributed by atoms with Gasteiger partial charge in [-0.25, -0.2) is 0 Å². The van der Waals surface area contributed by atoms with Gasteiger partial charge in [0.1, 0.15) is 5.75 Å². The van der Waals surface area contributed by atoms with Gasteiger partial charge in [-0.3, -0.25) is 4.79 Å². The number of ether oxygens (including phenoxy) is 1. The van der Waals surface area contributed by atoms with Gasteiger partial charge in [0.2, 0.25) is 11.8 Å². The van der Waals surface area contributed by atoms with Crippen LogP contribution in [0.1, 0.15) is 23.9 Å². The molecule has 0 saturated heterocycles. The first-order valence-electron chi connectivity index (χ1n) is 8.57. The van der Waals surface area contributed by atoms with Gasteiger partial charge in [-0.15, -0.1) is 10.2 Å². The topological polar surface area (TPSA) is 77.2 Å². The average Bonchev–Trinajstić information content (AvgIpc) is 3.14. The average molecular weight is 383 g/mol. The highest BCUT2D eigenvalue weighted by Crippen LogP contribution is 2.23. The molecule has 1 unspecified atom stereocenters. The van der Waals surface area contributed by atoms with Gasteiger partial charge < -0.3 is 14.5 Å². The number of methoxy groups -OCH3 is 1. The molecular weight excluding hydrogens is 362 g/mol. The van der Waals surface area contributed by atoms with E-state index in [1.807, 2.05) is 61.5 Å². The number of thioether (sulfide) groups is 1. The Balaban J connectivity index is 1.50. The van der Waals surface area contributed by atoms with Gasteiger partial charge in [0.15, 0.2) is 0 Å². The van der Waals surface area contributed by atoms with Crippen molar-refractivity contribution in [2.45, 2.75) is 30.4 Å². The van der Waals surface area contributed by atoms with Crippen LogP contribution in [-0.4, -0.2) is 28.5 Å². The molecule has 27 heavy (non-hydrogen) atoms. The van der Waals surface area contributed by atoms with Gasteiger partial charge >= 0.3 is 0 Å². The van der Waals surface area contributed by atoms with E-state index in [0.29, 0.717) is 24.1 Å². The first-order chi connectivity index (χ1) is 13.1. The molecule has 1 N–H and O–H groups in total. The minimum Gasteiger partial charge on any atom is -0.497 e. The predicted octanol–water partition coefficient (Wildman–Crippen LogP) is 3.47. The van der Waals surface area contributed by atoms with Crippen molar-refractivity contribution < 1.29 is 13.9 Å². The van der Waals surface area contributed by atoms with Gasteiger partial charge in [-0.2, -0.15) is 0 Å². The number of nitrogens with zero attached hydrogens (tertiary/aromatic N) is 2. The van der Waals surface area contributed by atoms with E-state index in [0.717, 1.165) is 16.9 Å². The lowest BCUT2D eigenvalue weighted by Crippen LogP contribution is -2.30. The number of rotatable bonds is 8. The Morgan fingerprint density at radius 2 is 1.85 bits per heavy atom. The Morgan fingerprint density at radius 3 is 2.56 bits per heavy atom. The molecule has 0 aliphatic rings. The van der Waals surface area contributed by atoms with Crippen LogP contribution in [0.3, 0.4) is 0 Å². The molecule has 0 aliphatic carbocycles. The Labute approximate surface area is 162 Å². The largest absolute Gasteiger partial charge is 0.497 e. The lowest BCUT2D eigenvalue weighted by molar-refractivity contribution is -0.120. The number of hydrogen-bond acceptors (Lipinski definition) is 6. The van der Waals surface area contributed by atoms with Crippen LogP contribution in [0.15, 0.2) is 64.2 Å². The van der Waals surface area contributed by atoms with E-state index < -0.39 is 0 Å². The van der Waals surface area contributed by atoms with Crippen molar-refractivity contribution in [3.63, 3.8) is 0 Å². The van der Waals surface area contributed by atoms with Crippen LogP contribution < -0.4 is 10.1 Å². The van der Waals surface area contributed by atoms with E-state index in [-0.39, 0.29) is 11.2 Å². The van der Waals surface area contributed by atoms with Gasteiger partial charge in [0.05, 0.1) is 18.8 Å². The van der Waals surface area contributed by atoms with E-state index in [1.54, 1.807) is 7.11 Å². The lowest BCUT2D eigenvalue weighted by atomic mass is 10.1. The Kier molecular flexibility index (Phi) is 6.49. The third-order valence-corrected chi connectivity index (χ3v) is 4.85. The quantitative estimate of drug-likeness (QED) is 0.600. The number of nitrogens with one attached hydrogen (secondary N) is 1. The van der Waals surface area contributed by atoms with Crippen LogP contribution in [-0.2, 0) is 17.8 Å². The van der Waals surface area contributed by atoms with Crippen LogP contribution in [0.25, 0.3) is 0 Å². The summed E-state index contributed by atoms with van der Waals surface area (Å²) >= 11 is 1.25. The van der Waals surface area contributed by atoms with Crippen molar-refractivity contribution in [1.82, 2.24) is 15.5 Å². The molecule has 0 saturated carbocycles. The van der Waals surface area contributed by atoms with E-state index in [4.69, 9.17) is 9.15 Å². The minimum absolute atomic E-state index is 0.0706. The molecular formula is C20H21N3O3S. The second-order valence-electron chi connectivity index (χ2n) is 5.95. The van der Waals surface area contributed by atoms with Crippen molar-refractivity contribution in [1.29, 1.82) is 0 Å². The third kappa shape index (κ3) is 5.59. The van der Waals surface area contributed by atoms with E-state index in [9.17, 15) is 4.79 Å². The SMILES string of the molecule is COc1ccc(Cc2nnc(SC(C)C(=O)NCc3ccccc3)o2)cc1. The summed E-state index contributed by atoms with van der Waals surface area (Å²) in [7, 11) is 1.63. The van der Waals surface area contributed by atoms with E-state index >= 15 is 0 Å². The molecule has 2 aromatic carbocycles. The molecule has 7 heteroatoms. The standard InChI is InChI=1S/C20H21N3O3S/c1-14(19(24)21-13-16-6-4-3-5-7-16)27-20-23-22-18(26-20)12-15-8-10-17(25-2)11-9-15/h3-11,14H,12-13H2,1-2H3,(H,21,24). The highest BCUT2D eigenvalue weighted by Gasteiger charge is 2.18. The number of benzene rings is 2. The molecule has 1 aromatic heterocycles. The van der Waals surface area contributed by atoms with E-state index in [1.165, 1.54) is 11.8 Å². The van der Waals surface area contributed by atoms with Crippen molar-refractivity contribution in [3.05, 3.63) is 71.6 Å². The second-order valence-corrected chi connectivity index (χ2v) is 7.24. The fourth-order valence-corrected chi connectivity index (χ4v) is 3.13. The zero-order valence-electron chi connectivity index (χ0n) is 15.2. The molecule has 0 spiro atoms. The fourth-order valence-electron chi connectivity index (χ4n) is 2.41. The van der Waals surface area contributed by atoms with Gasteiger partial charge in [0.25, 0.3) is 5.22 Å². The molecule has 3 aromatic rings. The highest BCUT2D eigenvalue weighted by atomic mass is 32.2. The highest BCUT2D eigenvalue weighted by molar-refractivity contribution is 8.00. The van der Waals surface area contributed by atoms with Gasteiger partial charge in [-0.05, 0) is 30.2 Å². The van der Waals surface area contributed by atoms with Crippen LogP contribution >= 0.6 is 11.8 Å². The number of amides is 1. The van der Waals surface area contributed by atoms with Gasteiger partial charge in [0, 0.05) is 6.54 Å². The molecule has 0 bridgehead atoms. The summed E-state index contributed by atoms with van der Waals surface area (Å²) in [5.74, 6) is 1.24. The molecule has 1 heterocycles. The second kappa shape index (κ2) is 9.23. The summed E-state index contributed by atoms with van der Waals surface area (Å²) in [5.41, 5.74) is 2.10. The summed E-state index contributed by atoms with van der Waals surface area (Å²) in [4.78, 5) is 12.2. The zero-order chi connectivity index (χ0) is 19.1. The number of hydrogen-bond donors (Lipinski definition) is 1. The molecule has 3 rings (SSSR count). The summed E-state index contributed by atoms with van der Waals surface area (Å²) in [6, 6.07) is 17.5. The number of aromatic nitrogens is 2. The molecule has 1 amide bonds. The number of carbonyl (C=O) groups is 1. The van der Waals surface area contributed by atoms with Crippen LogP contribution in [0, 0.1) is 0 Å². The maximum Gasteiger partial charge on any atom is 0.277 e. The monoisotopic (exact) mass is 383 g/mol. The Hall–Kier alpha value is -2.80. The third-order valence-electron chi connectivity index (χ3n) is 3.92. The van der Waals surface area contributed by atoms with E-state index in [2.05, 4.69) is 15.5 Å². The smallest absolute Gasteiger partial charge is 0.277 e. The first-order valence-corrected chi connectivity index (χ1v) is 9.45. The van der Waals surface area contributed by atoms with Crippen LogP contribution in [0.4, 0.5) is 0 Å². The molecule has 140 valence electrons. The summed E-state index contributed by atoms with van der Waals surface area (Å²) < 4.78 is 10.8. The van der Waals surface area contributed by atoms with Crippen molar-refractivity contribution in [2.24, 2.45) is 0 Å². The summed E-state index contributed by atoms with van der Waals surface area (Å²) in [6.45, 7) is 2.31. The van der Waals surface area contributed by atoms with Crippen molar-refractivity contribution >= 4 is 17.7 Å². The first kappa shape index (κ1) is 19.0. The molecule has 1 atom stereocenters. The van der Waals surface area contributed by atoms with Crippen LogP contribution in [0.2, 0.25) is 0 Å². The normalized spacial score (nSPS) is 11.8. The lowest BCUT2D eigenvalue weighted by Gasteiger charge is -2.09. The van der Waals surface area contributed by atoms with Gasteiger partial charge in [-0.1, -0.05) is 54.2 Å². The molecule has 0 fully saturated rings. The van der Waals surface area contributed by atoms with Crippen molar-refractivity contribution in [3.8, 4) is 5.75 Å².